The fourth-order valence-electron chi connectivity index (χ4n) is 1.51. The summed E-state index contributed by atoms with van der Waals surface area (Å²) < 4.78 is 13.0. The highest BCUT2D eigenvalue weighted by molar-refractivity contribution is 5.63. The summed E-state index contributed by atoms with van der Waals surface area (Å²) in [5.74, 6) is 5.93. The summed E-state index contributed by atoms with van der Waals surface area (Å²) in [5.41, 5.74) is 9.41. The second-order valence-electron chi connectivity index (χ2n) is 3.73. The zero-order valence-corrected chi connectivity index (χ0v) is 9.74. The van der Waals surface area contributed by atoms with Gasteiger partial charge >= 0.3 is 0 Å². The van der Waals surface area contributed by atoms with Crippen LogP contribution in [-0.2, 0) is 0 Å². The molecule has 2 rings (SSSR count). The van der Waals surface area contributed by atoms with Crippen LogP contribution in [0.15, 0.2) is 24.3 Å². The highest BCUT2D eigenvalue weighted by Gasteiger charge is 2.04. The fraction of sp³-hybridized carbons (Fsp3) is 0.0909. The van der Waals surface area contributed by atoms with E-state index in [0.29, 0.717) is 11.6 Å². The van der Waals surface area contributed by atoms with Crippen molar-refractivity contribution in [1.29, 1.82) is 0 Å². The molecule has 0 amide bonds. The molecule has 0 aliphatic heterocycles. The summed E-state index contributed by atoms with van der Waals surface area (Å²) in [6.07, 6.45) is 0. The minimum Gasteiger partial charge on any atom is -0.368 e. The third-order valence-electron chi connectivity index (χ3n) is 2.34. The van der Waals surface area contributed by atoms with Crippen molar-refractivity contribution in [2.45, 2.75) is 6.92 Å². The first-order chi connectivity index (χ1) is 8.58. The van der Waals surface area contributed by atoms with Gasteiger partial charge in [0.25, 0.3) is 0 Å². The van der Waals surface area contributed by atoms with Gasteiger partial charge in [-0.05, 0) is 30.7 Å². The van der Waals surface area contributed by atoms with Crippen LogP contribution in [0.25, 0.3) is 0 Å². The van der Waals surface area contributed by atoms with E-state index in [2.05, 4.69) is 20.7 Å². The van der Waals surface area contributed by atoms with Crippen molar-refractivity contribution in [3.8, 4) is 0 Å². The van der Waals surface area contributed by atoms with Gasteiger partial charge in [0, 0.05) is 11.8 Å². The molecular weight excluding hydrogens is 235 g/mol. The van der Waals surface area contributed by atoms with E-state index in [9.17, 15) is 4.39 Å². The number of nitrogens with zero attached hydrogens (tertiary/aromatic N) is 2. The molecule has 0 aliphatic rings. The molecule has 1 heterocycles. The molecule has 0 saturated heterocycles. The largest absolute Gasteiger partial charge is 0.368 e. The van der Waals surface area contributed by atoms with Crippen LogP contribution in [0.1, 0.15) is 5.56 Å². The number of aromatic nitrogens is 2. The number of nitrogens with one attached hydrogen (secondary N) is 2. The lowest BCUT2D eigenvalue weighted by atomic mass is 10.2. The monoisotopic (exact) mass is 248 g/mol. The van der Waals surface area contributed by atoms with Crippen molar-refractivity contribution in [3.05, 3.63) is 35.6 Å². The summed E-state index contributed by atoms with van der Waals surface area (Å²) in [5, 5.41) is 3.02. The Morgan fingerprint density at radius 1 is 1.17 bits per heavy atom. The van der Waals surface area contributed by atoms with Crippen molar-refractivity contribution < 1.29 is 4.39 Å². The van der Waals surface area contributed by atoms with E-state index in [1.165, 1.54) is 12.1 Å². The molecule has 0 radical (unpaired) electrons. The second kappa shape index (κ2) is 4.84. The number of nitrogens with two attached hydrogens (primary N) is 2. The van der Waals surface area contributed by atoms with Gasteiger partial charge in [-0.1, -0.05) is 0 Å². The van der Waals surface area contributed by atoms with Crippen LogP contribution in [0.4, 0.5) is 27.7 Å². The van der Waals surface area contributed by atoms with Crippen LogP contribution in [-0.4, -0.2) is 9.97 Å². The smallest absolute Gasteiger partial charge is 0.223 e. The summed E-state index contributed by atoms with van der Waals surface area (Å²) in [6, 6.07) is 6.01. The molecule has 0 bridgehead atoms. The van der Waals surface area contributed by atoms with Gasteiger partial charge in [-0.15, -0.1) is 0 Å². The van der Waals surface area contributed by atoms with Gasteiger partial charge in [0.2, 0.25) is 5.95 Å². The number of anilines is 4. The predicted molar refractivity (Wildman–Crippen MR) is 68.7 cm³/mol. The van der Waals surface area contributed by atoms with E-state index in [1.54, 1.807) is 19.1 Å². The quantitative estimate of drug-likeness (QED) is 0.485. The lowest BCUT2D eigenvalue weighted by Crippen LogP contribution is -2.11. The van der Waals surface area contributed by atoms with Crippen LogP contribution < -0.4 is 22.3 Å². The third-order valence-corrected chi connectivity index (χ3v) is 2.34. The molecule has 0 unspecified atom stereocenters. The van der Waals surface area contributed by atoms with E-state index in [1.807, 2.05) is 0 Å². The molecule has 18 heavy (non-hydrogen) atoms. The maximum Gasteiger partial charge on any atom is 0.223 e. The highest BCUT2D eigenvalue weighted by atomic mass is 19.1. The van der Waals surface area contributed by atoms with Gasteiger partial charge in [-0.2, -0.15) is 9.97 Å². The Labute approximate surface area is 103 Å². The van der Waals surface area contributed by atoms with Crippen molar-refractivity contribution in [3.63, 3.8) is 0 Å². The van der Waals surface area contributed by atoms with E-state index in [-0.39, 0.29) is 11.8 Å². The summed E-state index contributed by atoms with van der Waals surface area (Å²) in [6.45, 7) is 1.79. The van der Waals surface area contributed by atoms with Crippen LogP contribution in [0, 0.1) is 12.7 Å². The highest BCUT2D eigenvalue weighted by Crippen LogP contribution is 2.21. The van der Waals surface area contributed by atoms with Crippen LogP contribution in [0.5, 0.6) is 0 Å². The normalized spacial score (nSPS) is 10.2. The van der Waals surface area contributed by atoms with Gasteiger partial charge < -0.3 is 16.5 Å². The second-order valence-corrected chi connectivity index (χ2v) is 3.73. The molecule has 2 aromatic rings. The molecule has 0 fully saturated rings. The molecular formula is C11H13FN6. The van der Waals surface area contributed by atoms with E-state index < -0.39 is 0 Å². The Kier molecular flexibility index (Phi) is 3.24. The average Bonchev–Trinajstić information content (AvgIpc) is 2.32. The van der Waals surface area contributed by atoms with Crippen molar-refractivity contribution in [2.75, 3.05) is 16.5 Å². The van der Waals surface area contributed by atoms with Gasteiger partial charge in [-0.3, -0.25) is 0 Å². The van der Waals surface area contributed by atoms with Gasteiger partial charge in [0.05, 0.1) is 0 Å². The standard InChI is InChI=1S/C11H13FN6/c1-6-4-7(12)2-3-8(6)15-9-5-10(18-14)17-11(13)16-9/h2-5H,14H2,1H3,(H4,13,15,16,17,18). The third kappa shape index (κ3) is 2.64. The van der Waals surface area contributed by atoms with Crippen LogP contribution in [0.3, 0.4) is 0 Å². The van der Waals surface area contributed by atoms with E-state index >= 15 is 0 Å². The molecule has 0 atom stereocenters. The lowest BCUT2D eigenvalue weighted by Gasteiger charge is -2.10. The minimum absolute atomic E-state index is 0.0905. The predicted octanol–water partition coefficient (Wildman–Crippen LogP) is 1.54. The van der Waals surface area contributed by atoms with Crippen molar-refractivity contribution in [1.82, 2.24) is 9.97 Å². The molecule has 0 saturated carbocycles. The molecule has 7 heteroatoms. The first kappa shape index (κ1) is 12.1. The number of aryl methyl sites for hydroxylation is 1. The number of hydrogen-bond donors (Lipinski definition) is 4. The zero-order valence-electron chi connectivity index (χ0n) is 9.74. The van der Waals surface area contributed by atoms with Crippen molar-refractivity contribution in [2.24, 2.45) is 5.84 Å². The van der Waals surface area contributed by atoms with Gasteiger partial charge in [-0.25, -0.2) is 10.2 Å². The molecule has 6 nitrogen and oxygen atoms in total. The number of hydrazine groups is 1. The van der Waals surface area contributed by atoms with Gasteiger partial charge in [0.15, 0.2) is 0 Å². The summed E-state index contributed by atoms with van der Waals surface area (Å²) in [7, 11) is 0. The topological polar surface area (TPSA) is 102 Å². The van der Waals surface area contributed by atoms with Crippen molar-refractivity contribution >= 4 is 23.3 Å². The summed E-state index contributed by atoms with van der Waals surface area (Å²) >= 11 is 0. The Balaban J connectivity index is 2.30. The Morgan fingerprint density at radius 3 is 2.56 bits per heavy atom. The van der Waals surface area contributed by atoms with Gasteiger partial charge in [0.1, 0.15) is 17.5 Å². The fourth-order valence-corrected chi connectivity index (χ4v) is 1.51. The Bertz CT molecular complexity index is 571. The SMILES string of the molecule is Cc1cc(F)ccc1Nc1cc(NN)nc(N)n1. The molecule has 6 N–H and O–H groups in total. The molecule has 0 spiro atoms. The Hall–Kier alpha value is -2.41. The Morgan fingerprint density at radius 2 is 1.89 bits per heavy atom. The van der Waals surface area contributed by atoms with E-state index in [4.69, 9.17) is 11.6 Å². The number of rotatable bonds is 3. The number of benzene rings is 1. The first-order valence-electron chi connectivity index (χ1n) is 5.23. The molecule has 94 valence electrons. The van der Waals surface area contributed by atoms with Crippen LogP contribution in [0.2, 0.25) is 0 Å². The van der Waals surface area contributed by atoms with Crippen LogP contribution >= 0.6 is 0 Å². The zero-order chi connectivity index (χ0) is 13.1. The molecule has 1 aromatic carbocycles. The summed E-state index contributed by atoms with van der Waals surface area (Å²) in [4.78, 5) is 7.87. The maximum absolute atomic E-state index is 13.0. The minimum atomic E-state index is -0.287. The number of hydrogen-bond acceptors (Lipinski definition) is 6. The van der Waals surface area contributed by atoms with E-state index in [0.717, 1.165) is 11.3 Å². The number of nitrogen functional groups attached to an aromatic ring is 2. The molecule has 1 aromatic heterocycles. The first-order valence-corrected chi connectivity index (χ1v) is 5.23. The lowest BCUT2D eigenvalue weighted by molar-refractivity contribution is 0.627. The molecule has 0 aliphatic carbocycles. The maximum atomic E-state index is 13.0. The average molecular weight is 248 g/mol. The number of halogens is 1.